The van der Waals surface area contributed by atoms with Crippen LogP contribution in [0, 0.1) is 0 Å². The number of piperidine rings is 1. The number of nitrogens with zero attached hydrogens (tertiary/aromatic N) is 5. The molecule has 2 saturated heterocycles. The van der Waals surface area contributed by atoms with Gasteiger partial charge in [-0.05, 0) is 46.6 Å². The van der Waals surface area contributed by atoms with Crippen molar-refractivity contribution in [3.05, 3.63) is 27.2 Å². The Bertz CT molecular complexity index is 971. The van der Waals surface area contributed by atoms with Crippen LogP contribution in [-0.2, 0) is 0 Å². The lowest BCUT2D eigenvalue weighted by Gasteiger charge is -2.37. The zero-order valence-corrected chi connectivity index (χ0v) is 16.0. The number of aromatic nitrogens is 4. The van der Waals surface area contributed by atoms with Crippen molar-refractivity contribution in [3.8, 4) is 0 Å². The van der Waals surface area contributed by atoms with Crippen LogP contribution in [0.5, 0.6) is 0 Å². The third-order valence-corrected chi connectivity index (χ3v) is 6.31. The lowest BCUT2D eigenvalue weighted by molar-refractivity contribution is 0.138. The molecule has 2 aliphatic heterocycles. The van der Waals surface area contributed by atoms with Crippen molar-refractivity contribution < 1.29 is 4.79 Å². The van der Waals surface area contributed by atoms with Crippen molar-refractivity contribution in [1.82, 2.24) is 28.9 Å². The fourth-order valence-corrected chi connectivity index (χ4v) is 4.73. The normalized spacial score (nSPS) is 25.2. The minimum absolute atomic E-state index is 0.126. The molecule has 4 heterocycles. The van der Waals surface area contributed by atoms with E-state index >= 15 is 0 Å². The summed E-state index contributed by atoms with van der Waals surface area (Å²) in [6, 6.07) is 0.684. The van der Waals surface area contributed by atoms with Gasteiger partial charge in [-0.25, -0.2) is 14.6 Å². The number of carbonyl (C=O) groups excluding carboxylic acids is 1. The fraction of sp³-hybridized carbons (Fsp3) is 0.667. The van der Waals surface area contributed by atoms with Gasteiger partial charge in [-0.15, -0.1) is 0 Å². The minimum Gasteiger partial charge on any atom is -0.324 e. The van der Waals surface area contributed by atoms with Crippen LogP contribution in [0.1, 0.15) is 45.6 Å². The first-order chi connectivity index (χ1) is 13.0. The Labute approximate surface area is 156 Å². The van der Waals surface area contributed by atoms with Gasteiger partial charge in [0.15, 0.2) is 11.2 Å². The molecule has 2 aromatic rings. The van der Waals surface area contributed by atoms with Gasteiger partial charge < -0.3 is 14.4 Å². The molecule has 0 spiro atoms. The van der Waals surface area contributed by atoms with Gasteiger partial charge in [0.05, 0.1) is 6.33 Å². The highest BCUT2D eigenvalue weighted by Crippen LogP contribution is 2.40. The SMILES string of the molecule is CCN(CC)C(=O)n1c(=O)[nH]c(=O)c2ncn(C3CC4CCC(C3)N4C)c21. The number of fused-ring (bicyclic) bond motifs is 3. The number of rotatable bonds is 3. The molecule has 0 aromatic carbocycles. The number of imidazole rings is 1. The Kier molecular flexibility index (Phi) is 4.41. The van der Waals surface area contributed by atoms with E-state index < -0.39 is 17.3 Å². The summed E-state index contributed by atoms with van der Waals surface area (Å²) in [7, 11) is 2.16. The van der Waals surface area contributed by atoms with Gasteiger partial charge in [0.1, 0.15) is 0 Å². The van der Waals surface area contributed by atoms with Crippen molar-refractivity contribution in [2.75, 3.05) is 20.1 Å². The van der Waals surface area contributed by atoms with Crippen LogP contribution in [0.25, 0.3) is 11.2 Å². The van der Waals surface area contributed by atoms with E-state index in [-0.39, 0.29) is 11.6 Å². The van der Waals surface area contributed by atoms with Crippen molar-refractivity contribution in [2.45, 2.75) is 57.7 Å². The first-order valence-corrected chi connectivity index (χ1v) is 9.69. The molecule has 4 rings (SSSR count). The highest BCUT2D eigenvalue weighted by Gasteiger charge is 2.40. The first-order valence-electron chi connectivity index (χ1n) is 9.69. The smallest absolute Gasteiger partial charge is 0.324 e. The van der Waals surface area contributed by atoms with E-state index in [0.717, 1.165) is 30.3 Å². The van der Waals surface area contributed by atoms with Gasteiger partial charge in [0.25, 0.3) is 5.56 Å². The molecule has 1 N–H and O–H groups in total. The minimum atomic E-state index is -0.706. The molecule has 2 bridgehead atoms. The largest absolute Gasteiger partial charge is 0.338 e. The Morgan fingerprint density at radius 1 is 1.19 bits per heavy atom. The Morgan fingerprint density at radius 3 is 2.41 bits per heavy atom. The van der Waals surface area contributed by atoms with Crippen molar-refractivity contribution in [1.29, 1.82) is 0 Å². The van der Waals surface area contributed by atoms with E-state index in [1.165, 1.54) is 0 Å². The van der Waals surface area contributed by atoms with Gasteiger partial charge >= 0.3 is 11.7 Å². The maximum Gasteiger partial charge on any atom is 0.338 e. The molecule has 2 aliphatic rings. The monoisotopic (exact) mass is 374 g/mol. The summed E-state index contributed by atoms with van der Waals surface area (Å²) in [5, 5.41) is 0. The van der Waals surface area contributed by atoms with E-state index in [1.54, 1.807) is 11.2 Å². The molecule has 9 nitrogen and oxygen atoms in total. The molecular formula is C18H26N6O3. The number of hydrogen-bond acceptors (Lipinski definition) is 5. The summed E-state index contributed by atoms with van der Waals surface area (Å²) < 4.78 is 2.96. The predicted octanol–water partition coefficient (Wildman–Crippen LogP) is 0.994. The maximum atomic E-state index is 13.0. The number of aromatic amines is 1. The molecule has 2 atom stereocenters. The Hall–Kier alpha value is -2.42. The van der Waals surface area contributed by atoms with E-state index in [1.807, 2.05) is 18.4 Å². The third-order valence-electron chi connectivity index (χ3n) is 6.31. The topological polar surface area (TPSA) is 96.2 Å². The summed E-state index contributed by atoms with van der Waals surface area (Å²) in [4.78, 5) is 48.3. The summed E-state index contributed by atoms with van der Waals surface area (Å²) in [5.74, 6) is 0. The second-order valence-corrected chi connectivity index (χ2v) is 7.55. The summed E-state index contributed by atoms with van der Waals surface area (Å²) in [5.41, 5.74) is -0.800. The quantitative estimate of drug-likeness (QED) is 0.864. The van der Waals surface area contributed by atoms with E-state index in [9.17, 15) is 14.4 Å². The molecule has 9 heteroatoms. The van der Waals surface area contributed by atoms with Crippen LogP contribution in [-0.4, -0.2) is 67.2 Å². The molecule has 146 valence electrons. The summed E-state index contributed by atoms with van der Waals surface area (Å²) in [6.45, 7) is 4.69. The molecule has 27 heavy (non-hydrogen) atoms. The molecule has 2 unspecified atom stereocenters. The average molecular weight is 374 g/mol. The van der Waals surface area contributed by atoms with Gasteiger partial charge in [-0.2, -0.15) is 4.57 Å². The lowest BCUT2D eigenvalue weighted by Crippen LogP contribution is -2.44. The van der Waals surface area contributed by atoms with Gasteiger partial charge in [0, 0.05) is 31.2 Å². The molecule has 2 fully saturated rings. The van der Waals surface area contributed by atoms with E-state index in [4.69, 9.17) is 0 Å². The van der Waals surface area contributed by atoms with E-state index in [2.05, 4.69) is 21.9 Å². The second-order valence-electron chi connectivity index (χ2n) is 7.55. The van der Waals surface area contributed by atoms with Crippen LogP contribution in [0.4, 0.5) is 4.79 Å². The van der Waals surface area contributed by atoms with Crippen LogP contribution < -0.4 is 11.2 Å². The Balaban J connectivity index is 1.87. The van der Waals surface area contributed by atoms with Crippen molar-refractivity contribution in [2.24, 2.45) is 0 Å². The number of amides is 1. The lowest BCUT2D eigenvalue weighted by atomic mass is 9.98. The summed E-state index contributed by atoms with van der Waals surface area (Å²) in [6.07, 6.45) is 5.80. The third kappa shape index (κ3) is 2.72. The number of carbonyl (C=O) groups is 1. The Morgan fingerprint density at radius 2 is 1.81 bits per heavy atom. The number of H-pyrrole nitrogens is 1. The highest BCUT2D eigenvalue weighted by atomic mass is 16.2. The van der Waals surface area contributed by atoms with Crippen LogP contribution in [0.15, 0.2) is 15.9 Å². The van der Waals surface area contributed by atoms with Crippen LogP contribution in [0.3, 0.4) is 0 Å². The zero-order chi connectivity index (χ0) is 19.3. The second kappa shape index (κ2) is 6.63. The average Bonchev–Trinajstić information content (AvgIpc) is 3.13. The molecule has 0 saturated carbocycles. The molecule has 2 aromatic heterocycles. The number of nitrogens with one attached hydrogen (secondary N) is 1. The van der Waals surface area contributed by atoms with Crippen LogP contribution >= 0.6 is 0 Å². The van der Waals surface area contributed by atoms with Crippen molar-refractivity contribution >= 4 is 17.2 Å². The van der Waals surface area contributed by atoms with Crippen molar-refractivity contribution in [3.63, 3.8) is 0 Å². The fourth-order valence-electron chi connectivity index (χ4n) is 4.73. The maximum absolute atomic E-state index is 13.0. The first kappa shape index (κ1) is 18.0. The summed E-state index contributed by atoms with van der Waals surface area (Å²) >= 11 is 0. The van der Waals surface area contributed by atoms with Gasteiger partial charge in [0.2, 0.25) is 0 Å². The van der Waals surface area contributed by atoms with Gasteiger partial charge in [-0.1, -0.05) is 0 Å². The van der Waals surface area contributed by atoms with Gasteiger partial charge in [-0.3, -0.25) is 9.78 Å². The molecular weight excluding hydrogens is 348 g/mol. The standard InChI is InChI=1S/C18H26N6O3/c1-4-22(5-2)18(27)24-16-14(15(25)20-17(24)26)19-10-23(16)13-8-11-6-7-12(9-13)21(11)3/h10-13H,4-9H2,1-3H3,(H,20,25,26). The van der Waals surface area contributed by atoms with Crippen LogP contribution in [0.2, 0.25) is 0 Å². The molecule has 0 radical (unpaired) electrons. The molecule has 0 aliphatic carbocycles. The zero-order valence-electron chi connectivity index (χ0n) is 16.0. The predicted molar refractivity (Wildman–Crippen MR) is 101 cm³/mol. The molecule has 1 amide bonds. The van der Waals surface area contributed by atoms with E-state index in [0.29, 0.717) is 30.8 Å². The number of hydrogen-bond donors (Lipinski definition) is 1. The highest BCUT2D eigenvalue weighted by molar-refractivity contribution is 5.86.